The summed E-state index contributed by atoms with van der Waals surface area (Å²) >= 11 is 0. The number of hydrogen-bond acceptors (Lipinski definition) is 4. The van der Waals surface area contributed by atoms with Gasteiger partial charge in [-0.3, -0.25) is 19.0 Å². The van der Waals surface area contributed by atoms with Crippen molar-refractivity contribution in [3.05, 3.63) is 76.2 Å². The van der Waals surface area contributed by atoms with E-state index in [1.165, 1.54) is 28.9 Å². The Bertz CT molecular complexity index is 1290. The first-order chi connectivity index (χ1) is 15.0. The first kappa shape index (κ1) is 23.3. The maximum atomic E-state index is 13.0. The minimum Gasteiger partial charge on any atom is -0.347 e. The molecular weight excluding hydrogens is 428 g/mol. The predicted molar refractivity (Wildman–Crippen MR) is 125 cm³/mol. The van der Waals surface area contributed by atoms with Crippen LogP contribution in [0.25, 0.3) is 5.69 Å². The van der Waals surface area contributed by atoms with Gasteiger partial charge in [-0.25, -0.2) is 13.1 Å². The molecular formula is C23H28N4O4S. The highest BCUT2D eigenvalue weighted by Crippen LogP contribution is 2.19. The van der Waals surface area contributed by atoms with Crippen molar-refractivity contribution >= 4 is 21.6 Å². The fourth-order valence-corrected chi connectivity index (χ4v) is 4.25. The van der Waals surface area contributed by atoms with Crippen LogP contribution in [0.1, 0.15) is 43.2 Å². The van der Waals surface area contributed by atoms with Crippen molar-refractivity contribution in [3.8, 4) is 5.69 Å². The molecule has 2 N–H and O–H groups in total. The zero-order chi connectivity index (χ0) is 23.7. The minimum absolute atomic E-state index is 0.0251. The van der Waals surface area contributed by atoms with Crippen LogP contribution in [0.5, 0.6) is 0 Å². The van der Waals surface area contributed by atoms with Crippen LogP contribution in [0.3, 0.4) is 0 Å². The lowest BCUT2D eigenvalue weighted by Crippen LogP contribution is -2.42. The Labute approximate surface area is 187 Å². The van der Waals surface area contributed by atoms with E-state index in [9.17, 15) is 18.0 Å². The molecule has 9 heteroatoms. The molecule has 32 heavy (non-hydrogen) atoms. The average molecular weight is 457 g/mol. The number of amides is 1. The second kappa shape index (κ2) is 8.66. The highest BCUT2D eigenvalue weighted by atomic mass is 32.2. The van der Waals surface area contributed by atoms with Gasteiger partial charge >= 0.3 is 0 Å². The highest BCUT2D eigenvalue weighted by Gasteiger charge is 2.23. The Morgan fingerprint density at radius 2 is 1.62 bits per heavy atom. The maximum Gasteiger partial charge on any atom is 0.296 e. The third-order valence-electron chi connectivity index (χ3n) is 5.55. The minimum atomic E-state index is -4.03. The largest absolute Gasteiger partial charge is 0.347 e. The molecule has 0 fully saturated rings. The Hall–Kier alpha value is -3.33. The van der Waals surface area contributed by atoms with E-state index in [0.29, 0.717) is 16.9 Å². The smallest absolute Gasteiger partial charge is 0.296 e. The SMILES string of the molecule is CCC(C)(C)NC(=O)c1ccc(S(=O)(=O)Nc2c(C)n(C)n(-c3ccccc3)c2=O)cc1. The monoisotopic (exact) mass is 456 g/mol. The second-order valence-corrected chi connectivity index (χ2v) is 9.94. The van der Waals surface area contributed by atoms with Crippen molar-refractivity contribution in [2.45, 2.75) is 44.6 Å². The molecule has 0 aliphatic rings. The number of hydrogen-bond donors (Lipinski definition) is 2. The molecule has 0 unspecified atom stereocenters. The van der Waals surface area contributed by atoms with Gasteiger partial charge in [-0.1, -0.05) is 25.1 Å². The van der Waals surface area contributed by atoms with Crippen molar-refractivity contribution in [2.75, 3.05) is 4.72 Å². The van der Waals surface area contributed by atoms with Gasteiger partial charge in [-0.15, -0.1) is 0 Å². The summed E-state index contributed by atoms with van der Waals surface area (Å²) in [5.41, 5.74) is 0.583. The van der Waals surface area contributed by atoms with E-state index in [1.807, 2.05) is 26.8 Å². The van der Waals surface area contributed by atoms with Gasteiger partial charge in [0.15, 0.2) is 0 Å². The number of nitrogens with zero attached hydrogens (tertiary/aromatic N) is 2. The van der Waals surface area contributed by atoms with Gasteiger partial charge in [0.05, 0.1) is 16.3 Å². The second-order valence-electron chi connectivity index (χ2n) is 8.26. The highest BCUT2D eigenvalue weighted by molar-refractivity contribution is 7.92. The molecule has 0 bridgehead atoms. The molecule has 1 heterocycles. The number of para-hydroxylation sites is 1. The molecule has 0 saturated heterocycles. The Kier molecular flexibility index (Phi) is 6.32. The summed E-state index contributed by atoms with van der Waals surface area (Å²) in [6, 6.07) is 14.6. The normalized spacial score (nSPS) is 11.9. The summed E-state index contributed by atoms with van der Waals surface area (Å²) in [5, 5.41) is 2.91. The van der Waals surface area contributed by atoms with Crippen LogP contribution in [-0.2, 0) is 17.1 Å². The standard InChI is InChI=1S/C23H28N4O4S/c1-6-23(3,4)24-21(28)17-12-14-19(15-13-17)32(30,31)25-20-16(2)26(5)27(22(20)29)18-10-8-7-9-11-18/h7-15,25H,6H2,1-5H3,(H,24,28). The Morgan fingerprint density at radius 3 is 2.19 bits per heavy atom. The summed E-state index contributed by atoms with van der Waals surface area (Å²) in [6.45, 7) is 7.47. The number of benzene rings is 2. The zero-order valence-corrected chi connectivity index (χ0v) is 19.7. The number of sulfonamides is 1. The molecule has 170 valence electrons. The molecule has 3 rings (SSSR count). The quantitative estimate of drug-likeness (QED) is 0.570. The number of carbonyl (C=O) groups is 1. The van der Waals surface area contributed by atoms with E-state index >= 15 is 0 Å². The van der Waals surface area contributed by atoms with Crippen molar-refractivity contribution in [1.29, 1.82) is 0 Å². The van der Waals surface area contributed by atoms with Gasteiger partial charge in [-0.05, 0) is 63.6 Å². The summed E-state index contributed by atoms with van der Waals surface area (Å²) in [7, 11) is -2.35. The molecule has 0 saturated carbocycles. The third-order valence-corrected chi connectivity index (χ3v) is 6.92. The molecule has 0 atom stereocenters. The first-order valence-corrected chi connectivity index (χ1v) is 11.7. The van der Waals surface area contributed by atoms with Crippen molar-refractivity contribution in [3.63, 3.8) is 0 Å². The van der Waals surface area contributed by atoms with E-state index in [1.54, 1.807) is 42.9 Å². The molecule has 1 aromatic heterocycles. The Morgan fingerprint density at radius 1 is 1.03 bits per heavy atom. The molecule has 0 aliphatic carbocycles. The summed E-state index contributed by atoms with van der Waals surface area (Å²) < 4.78 is 31.3. The average Bonchev–Trinajstić information content (AvgIpc) is 2.97. The molecule has 0 radical (unpaired) electrons. The lowest BCUT2D eigenvalue weighted by Gasteiger charge is -2.24. The third kappa shape index (κ3) is 4.62. The van der Waals surface area contributed by atoms with Gasteiger partial charge < -0.3 is 5.32 Å². The number of aromatic nitrogens is 2. The van der Waals surface area contributed by atoms with Crippen LogP contribution in [0.15, 0.2) is 64.3 Å². The van der Waals surface area contributed by atoms with Crippen LogP contribution in [0, 0.1) is 6.92 Å². The first-order valence-electron chi connectivity index (χ1n) is 10.3. The summed E-state index contributed by atoms with van der Waals surface area (Å²) in [4.78, 5) is 25.4. The fourth-order valence-electron chi connectivity index (χ4n) is 3.13. The van der Waals surface area contributed by atoms with Crippen molar-refractivity contribution < 1.29 is 13.2 Å². The lowest BCUT2D eigenvalue weighted by molar-refractivity contribution is 0.0911. The molecule has 3 aromatic rings. The molecule has 0 spiro atoms. The van der Waals surface area contributed by atoms with E-state index in [4.69, 9.17) is 0 Å². The summed E-state index contributed by atoms with van der Waals surface area (Å²) in [5.74, 6) is -0.279. The van der Waals surface area contributed by atoms with E-state index in [-0.39, 0.29) is 22.0 Å². The maximum absolute atomic E-state index is 13.0. The van der Waals surface area contributed by atoms with E-state index in [2.05, 4.69) is 10.0 Å². The van der Waals surface area contributed by atoms with Crippen molar-refractivity contribution in [2.24, 2.45) is 7.05 Å². The van der Waals surface area contributed by atoms with Gasteiger partial charge in [0, 0.05) is 18.2 Å². The van der Waals surface area contributed by atoms with Crippen LogP contribution in [0.4, 0.5) is 5.69 Å². The number of nitrogens with one attached hydrogen (secondary N) is 2. The fraction of sp³-hybridized carbons (Fsp3) is 0.304. The number of anilines is 1. The van der Waals surface area contributed by atoms with E-state index in [0.717, 1.165) is 6.42 Å². The van der Waals surface area contributed by atoms with Gasteiger partial charge in [0.1, 0.15) is 5.69 Å². The lowest BCUT2D eigenvalue weighted by atomic mass is 10.0. The van der Waals surface area contributed by atoms with Crippen LogP contribution >= 0.6 is 0 Å². The number of rotatable bonds is 7. The molecule has 8 nitrogen and oxygen atoms in total. The molecule has 1 amide bonds. The molecule has 2 aromatic carbocycles. The molecule has 0 aliphatic heterocycles. The topological polar surface area (TPSA) is 102 Å². The number of carbonyl (C=O) groups excluding carboxylic acids is 1. The van der Waals surface area contributed by atoms with Crippen LogP contribution in [-0.4, -0.2) is 29.2 Å². The van der Waals surface area contributed by atoms with Crippen LogP contribution < -0.4 is 15.6 Å². The van der Waals surface area contributed by atoms with Gasteiger partial charge in [0.2, 0.25) is 0 Å². The van der Waals surface area contributed by atoms with Crippen LogP contribution in [0.2, 0.25) is 0 Å². The van der Waals surface area contributed by atoms with E-state index < -0.39 is 15.6 Å². The zero-order valence-electron chi connectivity index (χ0n) is 18.8. The Balaban J connectivity index is 1.89. The summed E-state index contributed by atoms with van der Waals surface area (Å²) in [6.07, 6.45) is 0.756. The predicted octanol–water partition coefficient (Wildman–Crippen LogP) is 3.20. The van der Waals surface area contributed by atoms with Crippen molar-refractivity contribution in [1.82, 2.24) is 14.7 Å². The van der Waals surface area contributed by atoms with Gasteiger partial charge in [-0.2, -0.15) is 0 Å². The van der Waals surface area contributed by atoms with Gasteiger partial charge in [0.25, 0.3) is 21.5 Å².